The number of nitrogen functional groups attached to an aromatic ring is 1. The van der Waals surface area contributed by atoms with Gasteiger partial charge >= 0.3 is 5.69 Å². The fourth-order valence-electron chi connectivity index (χ4n) is 1.51. The van der Waals surface area contributed by atoms with Crippen LogP contribution in [0.5, 0.6) is 5.75 Å². The van der Waals surface area contributed by atoms with Crippen molar-refractivity contribution in [3.8, 4) is 11.4 Å². The summed E-state index contributed by atoms with van der Waals surface area (Å²) in [6.45, 7) is 0. The summed E-state index contributed by atoms with van der Waals surface area (Å²) in [5.41, 5.74) is 5.11. The molecule has 6 heteroatoms. The third kappa shape index (κ3) is 2.05. The molecule has 0 saturated carbocycles. The second-order valence-corrected chi connectivity index (χ2v) is 3.40. The zero-order chi connectivity index (χ0) is 12.4. The highest BCUT2D eigenvalue weighted by Gasteiger charge is 2.05. The van der Waals surface area contributed by atoms with E-state index in [9.17, 15) is 9.59 Å². The van der Waals surface area contributed by atoms with Crippen LogP contribution in [0.25, 0.3) is 5.69 Å². The van der Waals surface area contributed by atoms with Crippen molar-refractivity contribution >= 4 is 5.82 Å². The van der Waals surface area contributed by atoms with Crippen LogP contribution in [0, 0.1) is 0 Å². The van der Waals surface area contributed by atoms with Gasteiger partial charge in [-0.15, -0.1) is 0 Å². The number of ether oxygens (including phenoxy) is 1. The fourth-order valence-corrected chi connectivity index (χ4v) is 1.51. The average molecular weight is 233 g/mol. The number of nitrogens with one attached hydrogen (secondary N) is 1. The molecule has 88 valence electrons. The Balaban J connectivity index is 2.60. The summed E-state index contributed by atoms with van der Waals surface area (Å²) in [5.74, 6) is 0.758. The first-order chi connectivity index (χ1) is 8.11. The van der Waals surface area contributed by atoms with Gasteiger partial charge in [0.05, 0.1) is 12.8 Å². The molecule has 0 bridgehead atoms. The number of nitrogens with two attached hydrogens (primary N) is 1. The number of aromatic nitrogens is 2. The number of H-pyrrole nitrogens is 1. The first-order valence-electron chi connectivity index (χ1n) is 4.88. The standard InChI is InChI=1S/C11H11N3O3/c1-17-8-4-2-7(3-5-8)14-9(12)6-10(15)13-11(14)16/h2-6H,12H2,1H3,(H,13,15,16). The summed E-state index contributed by atoms with van der Waals surface area (Å²) in [4.78, 5) is 24.8. The van der Waals surface area contributed by atoms with E-state index in [1.54, 1.807) is 31.4 Å². The lowest BCUT2D eigenvalue weighted by Gasteiger charge is -2.08. The van der Waals surface area contributed by atoms with Gasteiger partial charge in [0.25, 0.3) is 5.56 Å². The van der Waals surface area contributed by atoms with Gasteiger partial charge in [-0.1, -0.05) is 0 Å². The van der Waals surface area contributed by atoms with Crippen LogP contribution in [0.2, 0.25) is 0 Å². The number of hydrogen-bond acceptors (Lipinski definition) is 4. The van der Waals surface area contributed by atoms with Crippen LogP contribution < -0.4 is 21.7 Å². The Morgan fingerprint density at radius 2 is 1.88 bits per heavy atom. The van der Waals surface area contributed by atoms with Crippen molar-refractivity contribution in [3.05, 3.63) is 51.2 Å². The molecular weight excluding hydrogens is 222 g/mol. The summed E-state index contributed by atoms with van der Waals surface area (Å²) in [7, 11) is 1.55. The van der Waals surface area contributed by atoms with Crippen molar-refractivity contribution in [2.45, 2.75) is 0 Å². The Labute approximate surface area is 96.3 Å². The lowest BCUT2D eigenvalue weighted by atomic mass is 10.3. The van der Waals surface area contributed by atoms with E-state index in [1.165, 1.54) is 4.57 Å². The van der Waals surface area contributed by atoms with E-state index in [0.29, 0.717) is 11.4 Å². The van der Waals surface area contributed by atoms with Crippen LogP contribution in [-0.4, -0.2) is 16.7 Å². The molecule has 1 aromatic heterocycles. The Morgan fingerprint density at radius 1 is 1.24 bits per heavy atom. The summed E-state index contributed by atoms with van der Waals surface area (Å²) in [5, 5.41) is 0. The summed E-state index contributed by atoms with van der Waals surface area (Å²) < 4.78 is 6.22. The largest absolute Gasteiger partial charge is 0.497 e. The number of anilines is 1. The summed E-state index contributed by atoms with van der Waals surface area (Å²) in [6, 6.07) is 7.91. The second-order valence-electron chi connectivity index (χ2n) is 3.40. The predicted octanol–water partition coefficient (Wildman–Crippen LogP) is 0.117. The minimum absolute atomic E-state index is 0.0870. The van der Waals surface area contributed by atoms with Crippen LogP contribution in [-0.2, 0) is 0 Å². The number of nitrogens with zero attached hydrogens (tertiary/aromatic N) is 1. The monoisotopic (exact) mass is 233 g/mol. The maximum atomic E-state index is 11.6. The molecule has 1 aromatic carbocycles. The smallest absolute Gasteiger partial charge is 0.334 e. The average Bonchev–Trinajstić information content (AvgIpc) is 2.28. The highest BCUT2D eigenvalue weighted by Crippen LogP contribution is 2.14. The summed E-state index contributed by atoms with van der Waals surface area (Å²) >= 11 is 0. The van der Waals surface area contributed by atoms with Crippen LogP contribution in [0.15, 0.2) is 39.9 Å². The third-order valence-electron chi connectivity index (χ3n) is 2.30. The quantitative estimate of drug-likeness (QED) is 0.770. The van der Waals surface area contributed by atoms with Crippen molar-refractivity contribution in [3.63, 3.8) is 0 Å². The Kier molecular flexibility index (Phi) is 2.70. The molecule has 0 saturated heterocycles. The number of methoxy groups -OCH3 is 1. The zero-order valence-corrected chi connectivity index (χ0v) is 9.14. The first-order valence-corrected chi connectivity index (χ1v) is 4.88. The molecule has 0 radical (unpaired) electrons. The van der Waals surface area contributed by atoms with Crippen molar-refractivity contribution in [1.29, 1.82) is 0 Å². The van der Waals surface area contributed by atoms with Gasteiger partial charge in [-0.2, -0.15) is 0 Å². The van der Waals surface area contributed by atoms with Gasteiger partial charge in [-0.3, -0.25) is 9.78 Å². The SMILES string of the molecule is COc1ccc(-n2c(N)cc(=O)[nH]c2=O)cc1. The van der Waals surface area contributed by atoms with Gasteiger partial charge in [0, 0.05) is 6.07 Å². The molecule has 0 spiro atoms. The molecule has 0 fully saturated rings. The molecule has 3 N–H and O–H groups in total. The van der Waals surface area contributed by atoms with E-state index in [1.807, 2.05) is 0 Å². The Morgan fingerprint density at radius 3 is 2.41 bits per heavy atom. The van der Waals surface area contributed by atoms with Crippen molar-refractivity contribution in [2.75, 3.05) is 12.8 Å². The number of benzene rings is 1. The molecule has 2 rings (SSSR count). The molecule has 6 nitrogen and oxygen atoms in total. The highest BCUT2D eigenvalue weighted by atomic mass is 16.5. The molecule has 0 aliphatic heterocycles. The van der Waals surface area contributed by atoms with Crippen molar-refractivity contribution < 1.29 is 4.74 Å². The van der Waals surface area contributed by atoms with Crippen LogP contribution in [0.1, 0.15) is 0 Å². The predicted molar refractivity (Wildman–Crippen MR) is 63.6 cm³/mol. The van der Waals surface area contributed by atoms with E-state index in [2.05, 4.69) is 4.98 Å². The number of hydrogen-bond donors (Lipinski definition) is 2. The zero-order valence-electron chi connectivity index (χ0n) is 9.14. The van der Waals surface area contributed by atoms with Crippen LogP contribution in [0.3, 0.4) is 0 Å². The molecule has 0 unspecified atom stereocenters. The van der Waals surface area contributed by atoms with Gasteiger partial charge in [-0.25, -0.2) is 9.36 Å². The van der Waals surface area contributed by atoms with E-state index < -0.39 is 11.2 Å². The van der Waals surface area contributed by atoms with E-state index in [0.717, 1.165) is 6.07 Å². The molecule has 0 aliphatic carbocycles. The molecule has 0 atom stereocenters. The minimum atomic E-state index is -0.569. The third-order valence-corrected chi connectivity index (χ3v) is 2.30. The maximum absolute atomic E-state index is 11.6. The summed E-state index contributed by atoms with van der Waals surface area (Å²) in [6.07, 6.45) is 0. The van der Waals surface area contributed by atoms with Crippen molar-refractivity contribution in [1.82, 2.24) is 9.55 Å². The fraction of sp³-hybridized carbons (Fsp3) is 0.0909. The lowest BCUT2D eigenvalue weighted by molar-refractivity contribution is 0.414. The molecule has 0 amide bonds. The van der Waals surface area contributed by atoms with Crippen molar-refractivity contribution in [2.24, 2.45) is 0 Å². The van der Waals surface area contributed by atoms with Gasteiger partial charge in [0.2, 0.25) is 0 Å². The highest BCUT2D eigenvalue weighted by molar-refractivity contribution is 5.43. The topological polar surface area (TPSA) is 90.1 Å². The van der Waals surface area contributed by atoms with E-state index in [4.69, 9.17) is 10.5 Å². The van der Waals surface area contributed by atoms with E-state index >= 15 is 0 Å². The Bertz CT molecular complexity index is 640. The van der Waals surface area contributed by atoms with Gasteiger partial charge < -0.3 is 10.5 Å². The normalized spacial score (nSPS) is 10.2. The molecule has 1 heterocycles. The van der Waals surface area contributed by atoms with Crippen LogP contribution >= 0.6 is 0 Å². The van der Waals surface area contributed by atoms with Gasteiger partial charge in [0.1, 0.15) is 11.6 Å². The molecular formula is C11H11N3O3. The maximum Gasteiger partial charge on any atom is 0.334 e. The van der Waals surface area contributed by atoms with E-state index in [-0.39, 0.29) is 5.82 Å². The molecule has 0 aliphatic rings. The molecule has 17 heavy (non-hydrogen) atoms. The first kappa shape index (κ1) is 11.0. The van der Waals surface area contributed by atoms with Gasteiger partial charge in [0.15, 0.2) is 0 Å². The lowest BCUT2D eigenvalue weighted by Crippen LogP contribution is -2.30. The minimum Gasteiger partial charge on any atom is -0.497 e. The molecule has 2 aromatic rings. The number of aromatic amines is 1. The van der Waals surface area contributed by atoms with Crippen LogP contribution in [0.4, 0.5) is 5.82 Å². The second kappa shape index (κ2) is 4.17. The Hall–Kier alpha value is -2.50. The van der Waals surface area contributed by atoms with Gasteiger partial charge in [-0.05, 0) is 24.3 Å². The number of rotatable bonds is 2.